The van der Waals surface area contributed by atoms with Crippen molar-refractivity contribution in [2.45, 2.75) is 20.3 Å². The third kappa shape index (κ3) is 3.70. The van der Waals surface area contributed by atoms with Gasteiger partial charge in [0.15, 0.2) is 0 Å². The zero-order valence-electron chi connectivity index (χ0n) is 12.2. The number of hydrogen-bond acceptors (Lipinski definition) is 4. The van der Waals surface area contributed by atoms with Crippen molar-refractivity contribution in [3.8, 4) is 0 Å². The third-order valence-electron chi connectivity index (χ3n) is 3.17. The molecule has 0 aliphatic carbocycles. The first-order valence-electron chi connectivity index (χ1n) is 6.53. The first-order valence-corrected chi connectivity index (χ1v) is 7.41. The number of carbonyl (C=O) groups is 2. The molecule has 0 spiro atoms. The molecule has 0 radical (unpaired) electrons. The number of nitrogens with one attached hydrogen (secondary N) is 1. The lowest BCUT2D eigenvalue weighted by Crippen LogP contribution is -2.16. The summed E-state index contributed by atoms with van der Waals surface area (Å²) in [6.07, 6.45) is 0.282. The van der Waals surface area contributed by atoms with Gasteiger partial charge in [-0.1, -0.05) is 23.8 Å². The van der Waals surface area contributed by atoms with Crippen LogP contribution in [0.3, 0.4) is 0 Å². The van der Waals surface area contributed by atoms with Gasteiger partial charge in [0.05, 0.1) is 19.1 Å². The molecule has 21 heavy (non-hydrogen) atoms. The molecule has 2 aromatic rings. The van der Waals surface area contributed by atoms with E-state index >= 15 is 0 Å². The summed E-state index contributed by atoms with van der Waals surface area (Å²) in [5.74, 6) is -0.590. The summed E-state index contributed by atoms with van der Waals surface area (Å²) in [4.78, 5) is 23.7. The van der Waals surface area contributed by atoms with Crippen LogP contribution in [0.5, 0.6) is 0 Å². The monoisotopic (exact) mass is 303 g/mol. The van der Waals surface area contributed by atoms with Gasteiger partial charge in [-0.3, -0.25) is 4.79 Å². The molecular formula is C16H17NO3S. The molecule has 0 saturated carbocycles. The maximum Gasteiger partial charge on any atom is 0.340 e. The molecule has 110 valence electrons. The van der Waals surface area contributed by atoms with Gasteiger partial charge in [0, 0.05) is 0 Å². The van der Waals surface area contributed by atoms with E-state index in [1.165, 1.54) is 24.0 Å². The summed E-state index contributed by atoms with van der Waals surface area (Å²) < 4.78 is 4.68. The van der Waals surface area contributed by atoms with Crippen molar-refractivity contribution in [1.29, 1.82) is 0 Å². The summed E-state index contributed by atoms with van der Waals surface area (Å²) in [6.45, 7) is 4.01. The van der Waals surface area contributed by atoms with Crippen LogP contribution in [0.1, 0.15) is 27.0 Å². The van der Waals surface area contributed by atoms with Crippen LogP contribution < -0.4 is 5.32 Å². The van der Waals surface area contributed by atoms with Crippen LogP contribution in [-0.4, -0.2) is 19.0 Å². The lowest BCUT2D eigenvalue weighted by molar-refractivity contribution is -0.115. The van der Waals surface area contributed by atoms with Crippen molar-refractivity contribution in [1.82, 2.24) is 0 Å². The molecule has 1 heterocycles. The maximum atomic E-state index is 12.1. The number of methoxy groups -OCH3 is 1. The van der Waals surface area contributed by atoms with Crippen molar-refractivity contribution in [2.24, 2.45) is 0 Å². The topological polar surface area (TPSA) is 55.4 Å². The van der Waals surface area contributed by atoms with Gasteiger partial charge in [-0.25, -0.2) is 4.79 Å². The fourth-order valence-corrected chi connectivity index (χ4v) is 2.86. The van der Waals surface area contributed by atoms with E-state index in [4.69, 9.17) is 0 Å². The van der Waals surface area contributed by atoms with E-state index in [0.29, 0.717) is 10.6 Å². The van der Waals surface area contributed by atoms with Gasteiger partial charge in [-0.05, 0) is 36.4 Å². The molecule has 1 N–H and O–H groups in total. The molecule has 0 fully saturated rings. The quantitative estimate of drug-likeness (QED) is 0.881. The number of hydrogen-bond donors (Lipinski definition) is 1. The Hall–Kier alpha value is -2.14. The van der Waals surface area contributed by atoms with E-state index in [9.17, 15) is 9.59 Å². The number of thiophene rings is 1. The first kappa shape index (κ1) is 15.3. The Morgan fingerprint density at radius 3 is 2.67 bits per heavy atom. The molecule has 0 aliphatic rings. The minimum absolute atomic E-state index is 0.144. The molecular weight excluding hydrogens is 286 g/mol. The van der Waals surface area contributed by atoms with E-state index in [1.807, 2.05) is 32.0 Å². The van der Waals surface area contributed by atoms with Crippen molar-refractivity contribution >= 4 is 28.2 Å². The van der Waals surface area contributed by atoms with Gasteiger partial charge in [-0.2, -0.15) is 0 Å². The molecule has 1 amide bonds. The van der Waals surface area contributed by atoms with E-state index < -0.39 is 5.97 Å². The van der Waals surface area contributed by atoms with Crippen LogP contribution in [0.4, 0.5) is 5.00 Å². The number of amides is 1. The fourth-order valence-electron chi connectivity index (χ4n) is 2.06. The number of rotatable bonds is 4. The minimum Gasteiger partial charge on any atom is -0.465 e. The smallest absolute Gasteiger partial charge is 0.340 e. The number of anilines is 1. The highest BCUT2D eigenvalue weighted by molar-refractivity contribution is 7.14. The molecule has 0 aliphatic heterocycles. The van der Waals surface area contributed by atoms with Gasteiger partial charge in [0.1, 0.15) is 5.00 Å². The lowest BCUT2D eigenvalue weighted by Gasteiger charge is -2.08. The zero-order chi connectivity index (χ0) is 15.4. The maximum absolute atomic E-state index is 12.1. The van der Waals surface area contributed by atoms with Crippen LogP contribution in [-0.2, 0) is 16.0 Å². The average Bonchev–Trinajstić information content (AvgIpc) is 2.89. The van der Waals surface area contributed by atoms with Crippen LogP contribution in [0, 0.1) is 13.8 Å². The number of esters is 1. The first-order chi connectivity index (χ1) is 10.0. The molecule has 4 nitrogen and oxygen atoms in total. The molecule has 0 atom stereocenters. The van der Waals surface area contributed by atoms with Crippen molar-refractivity contribution in [3.63, 3.8) is 0 Å². The SMILES string of the molecule is COC(=O)c1ccsc1NC(=O)Cc1ccc(C)cc1C. The van der Waals surface area contributed by atoms with Crippen LogP contribution in [0.2, 0.25) is 0 Å². The van der Waals surface area contributed by atoms with Crippen LogP contribution in [0.15, 0.2) is 29.6 Å². The lowest BCUT2D eigenvalue weighted by atomic mass is 10.0. The Morgan fingerprint density at radius 1 is 1.24 bits per heavy atom. The average molecular weight is 303 g/mol. The van der Waals surface area contributed by atoms with Gasteiger partial charge >= 0.3 is 5.97 Å². The molecule has 1 aromatic heterocycles. The van der Waals surface area contributed by atoms with Gasteiger partial charge in [-0.15, -0.1) is 11.3 Å². The Kier molecular flexibility index (Phi) is 4.75. The molecule has 0 unspecified atom stereocenters. The van der Waals surface area contributed by atoms with E-state index in [0.717, 1.165) is 11.1 Å². The van der Waals surface area contributed by atoms with Gasteiger partial charge in [0.25, 0.3) is 0 Å². The Balaban J connectivity index is 2.09. The second-order valence-electron chi connectivity index (χ2n) is 4.81. The highest BCUT2D eigenvalue weighted by Gasteiger charge is 2.15. The third-order valence-corrected chi connectivity index (χ3v) is 4.00. The number of benzene rings is 1. The number of aryl methyl sites for hydroxylation is 2. The van der Waals surface area contributed by atoms with E-state index in [2.05, 4.69) is 10.1 Å². The standard InChI is InChI=1S/C16H17NO3S/c1-10-4-5-12(11(2)8-10)9-14(18)17-15-13(6-7-21-15)16(19)20-3/h4-8H,9H2,1-3H3,(H,17,18). The van der Waals surface area contributed by atoms with Crippen molar-refractivity contribution in [3.05, 3.63) is 51.9 Å². The highest BCUT2D eigenvalue weighted by atomic mass is 32.1. The summed E-state index contributed by atoms with van der Waals surface area (Å²) in [5, 5.41) is 5.05. The second kappa shape index (κ2) is 6.54. The Labute approximate surface area is 127 Å². The number of carbonyl (C=O) groups excluding carboxylic acids is 2. The van der Waals surface area contributed by atoms with E-state index in [-0.39, 0.29) is 12.3 Å². The predicted molar refractivity (Wildman–Crippen MR) is 83.9 cm³/mol. The summed E-state index contributed by atoms with van der Waals surface area (Å²) in [6, 6.07) is 7.64. The zero-order valence-corrected chi connectivity index (χ0v) is 13.0. The van der Waals surface area contributed by atoms with Crippen LogP contribution >= 0.6 is 11.3 Å². The molecule has 0 bridgehead atoms. The summed E-state index contributed by atoms with van der Waals surface area (Å²) >= 11 is 1.31. The largest absolute Gasteiger partial charge is 0.465 e. The highest BCUT2D eigenvalue weighted by Crippen LogP contribution is 2.24. The molecule has 1 aromatic carbocycles. The van der Waals surface area contributed by atoms with Crippen molar-refractivity contribution in [2.75, 3.05) is 12.4 Å². The second-order valence-corrected chi connectivity index (χ2v) is 5.73. The molecule has 0 saturated heterocycles. The van der Waals surface area contributed by atoms with E-state index in [1.54, 1.807) is 11.4 Å². The van der Waals surface area contributed by atoms with Crippen LogP contribution in [0.25, 0.3) is 0 Å². The van der Waals surface area contributed by atoms with Gasteiger partial charge in [0.2, 0.25) is 5.91 Å². The van der Waals surface area contributed by atoms with Crippen molar-refractivity contribution < 1.29 is 14.3 Å². The van der Waals surface area contributed by atoms with Gasteiger partial charge < -0.3 is 10.1 Å². The Morgan fingerprint density at radius 2 is 2.00 bits per heavy atom. The normalized spacial score (nSPS) is 10.2. The Bertz CT molecular complexity index is 676. The summed E-state index contributed by atoms with van der Waals surface area (Å²) in [7, 11) is 1.32. The molecule has 2 rings (SSSR count). The molecule has 5 heteroatoms. The minimum atomic E-state index is -0.446. The predicted octanol–water partition coefficient (Wildman–Crippen LogP) is 3.33. The fraction of sp³-hybridized carbons (Fsp3) is 0.250. The summed E-state index contributed by atoms with van der Waals surface area (Å²) in [5.41, 5.74) is 3.62. The number of ether oxygens (including phenoxy) is 1.